The maximum atomic E-state index is 11.6. The van der Waals surface area contributed by atoms with E-state index >= 15 is 0 Å². The Kier molecular flexibility index (Phi) is 3.78. The van der Waals surface area contributed by atoms with Crippen molar-refractivity contribution in [3.05, 3.63) is 24.5 Å². The van der Waals surface area contributed by atoms with Crippen molar-refractivity contribution in [3.8, 4) is 0 Å². The number of aryl methyl sites for hydroxylation is 1. The molecule has 0 aliphatic carbocycles. The summed E-state index contributed by atoms with van der Waals surface area (Å²) >= 11 is 1.32. The molecule has 7 nitrogen and oxygen atoms in total. The van der Waals surface area contributed by atoms with Crippen molar-refractivity contribution in [1.29, 1.82) is 0 Å². The topological polar surface area (TPSA) is 103 Å². The van der Waals surface area contributed by atoms with E-state index in [0.29, 0.717) is 10.8 Å². The molecule has 9 heteroatoms. The van der Waals surface area contributed by atoms with Crippen LogP contribution < -0.4 is 10.5 Å². The Morgan fingerprint density at radius 2 is 2.16 bits per heavy atom. The highest BCUT2D eigenvalue weighted by Crippen LogP contribution is 2.31. The van der Waals surface area contributed by atoms with Crippen LogP contribution in [-0.4, -0.2) is 30.2 Å². The maximum Gasteiger partial charge on any atom is 0.240 e. The minimum atomic E-state index is -3.48. The van der Waals surface area contributed by atoms with Crippen LogP contribution in [0.5, 0.6) is 0 Å². The second-order valence-electron chi connectivity index (χ2n) is 3.73. The van der Waals surface area contributed by atoms with Gasteiger partial charge >= 0.3 is 0 Å². The average Bonchev–Trinajstić information content (AvgIpc) is 2.77. The highest BCUT2D eigenvalue weighted by atomic mass is 32.2. The van der Waals surface area contributed by atoms with Gasteiger partial charge in [-0.15, -0.1) is 10.2 Å². The van der Waals surface area contributed by atoms with E-state index in [-0.39, 0.29) is 4.90 Å². The minimum absolute atomic E-state index is 0.134. The molecule has 0 atom stereocenters. The van der Waals surface area contributed by atoms with E-state index in [4.69, 9.17) is 5.73 Å². The number of sulfonamides is 1. The molecule has 102 valence electrons. The first kappa shape index (κ1) is 13.8. The van der Waals surface area contributed by atoms with Gasteiger partial charge in [0, 0.05) is 17.6 Å². The normalized spacial score (nSPS) is 11.7. The quantitative estimate of drug-likeness (QED) is 0.795. The smallest absolute Gasteiger partial charge is 0.240 e. The van der Waals surface area contributed by atoms with Crippen molar-refractivity contribution in [1.82, 2.24) is 19.5 Å². The molecule has 0 unspecified atom stereocenters. The van der Waals surface area contributed by atoms with Crippen LogP contribution in [-0.2, 0) is 17.1 Å². The molecule has 0 aliphatic rings. The number of hydrogen-bond acceptors (Lipinski definition) is 6. The van der Waals surface area contributed by atoms with Crippen molar-refractivity contribution in [2.75, 3.05) is 12.8 Å². The molecule has 1 aromatic heterocycles. The Hall–Kier alpha value is -1.58. The van der Waals surface area contributed by atoms with E-state index < -0.39 is 10.0 Å². The first-order valence-corrected chi connectivity index (χ1v) is 7.59. The lowest BCUT2D eigenvalue weighted by Crippen LogP contribution is -2.18. The summed E-state index contributed by atoms with van der Waals surface area (Å²) in [5.41, 5.74) is 6.25. The largest absolute Gasteiger partial charge is 0.398 e. The molecule has 1 aromatic carbocycles. The summed E-state index contributed by atoms with van der Waals surface area (Å²) < 4.78 is 27.3. The van der Waals surface area contributed by atoms with E-state index in [1.807, 2.05) is 7.05 Å². The molecular weight excluding hydrogens is 286 g/mol. The van der Waals surface area contributed by atoms with E-state index in [9.17, 15) is 8.42 Å². The first-order valence-electron chi connectivity index (χ1n) is 5.29. The van der Waals surface area contributed by atoms with E-state index in [0.717, 1.165) is 4.90 Å². The highest BCUT2D eigenvalue weighted by molar-refractivity contribution is 7.99. The molecule has 0 saturated carbocycles. The summed E-state index contributed by atoms with van der Waals surface area (Å²) in [6, 6.07) is 4.57. The van der Waals surface area contributed by atoms with Gasteiger partial charge in [-0.2, -0.15) is 0 Å². The number of rotatable bonds is 4. The van der Waals surface area contributed by atoms with Gasteiger partial charge < -0.3 is 10.3 Å². The van der Waals surface area contributed by atoms with Crippen LogP contribution in [0.25, 0.3) is 0 Å². The van der Waals surface area contributed by atoms with Crippen LogP contribution in [0.1, 0.15) is 0 Å². The molecule has 1 heterocycles. The van der Waals surface area contributed by atoms with Crippen LogP contribution in [0.15, 0.2) is 39.5 Å². The Labute approximate surface area is 115 Å². The number of nitrogens with zero attached hydrogens (tertiary/aromatic N) is 3. The summed E-state index contributed by atoms with van der Waals surface area (Å²) in [6.07, 6.45) is 1.58. The number of anilines is 1. The van der Waals surface area contributed by atoms with Gasteiger partial charge in [0.2, 0.25) is 10.0 Å². The fraction of sp³-hybridized carbons (Fsp3) is 0.200. The van der Waals surface area contributed by atoms with E-state index in [2.05, 4.69) is 14.9 Å². The average molecular weight is 299 g/mol. The zero-order valence-corrected chi connectivity index (χ0v) is 12.0. The van der Waals surface area contributed by atoms with Crippen LogP contribution >= 0.6 is 11.8 Å². The minimum Gasteiger partial charge on any atom is -0.398 e. The number of nitrogen functional groups attached to an aromatic ring is 1. The van der Waals surface area contributed by atoms with Gasteiger partial charge in [0.15, 0.2) is 5.16 Å². The van der Waals surface area contributed by atoms with Crippen molar-refractivity contribution >= 4 is 27.5 Å². The third-order valence-electron chi connectivity index (χ3n) is 2.43. The van der Waals surface area contributed by atoms with E-state index in [1.54, 1.807) is 17.0 Å². The predicted octanol–water partition coefficient (Wildman–Crippen LogP) is 0.457. The Bertz CT molecular complexity index is 696. The lowest BCUT2D eigenvalue weighted by atomic mass is 10.3. The molecule has 0 saturated heterocycles. The zero-order valence-electron chi connectivity index (χ0n) is 10.4. The van der Waals surface area contributed by atoms with Gasteiger partial charge in [-0.05, 0) is 37.0 Å². The van der Waals surface area contributed by atoms with Gasteiger partial charge in [-0.25, -0.2) is 13.1 Å². The van der Waals surface area contributed by atoms with E-state index in [1.165, 1.54) is 30.9 Å². The van der Waals surface area contributed by atoms with Crippen LogP contribution in [0, 0.1) is 0 Å². The van der Waals surface area contributed by atoms with Crippen LogP contribution in [0.2, 0.25) is 0 Å². The molecular formula is C10H13N5O2S2. The molecule has 0 radical (unpaired) electrons. The second kappa shape index (κ2) is 5.19. The van der Waals surface area contributed by atoms with Gasteiger partial charge in [0.05, 0.1) is 4.90 Å². The zero-order chi connectivity index (χ0) is 14.0. The summed E-state index contributed by atoms with van der Waals surface area (Å²) in [6.45, 7) is 0. The summed E-state index contributed by atoms with van der Waals surface area (Å²) in [4.78, 5) is 0.862. The Balaban J connectivity index is 2.33. The fourth-order valence-corrected chi connectivity index (χ4v) is 2.92. The first-order chi connectivity index (χ1) is 8.94. The van der Waals surface area contributed by atoms with Gasteiger partial charge in [-0.1, -0.05) is 0 Å². The molecule has 0 bridgehead atoms. The predicted molar refractivity (Wildman–Crippen MR) is 72.2 cm³/mol. The van der Waals surface area contributed by atoms with Gasteiger partial charge in [-0.3, -0.25) is 0 Å². The molecule has 0 aliphatic heterocycles. The Morgan fingerprint density at radius 3 is 2.68 bits per heavy atom. The maximum absolute atomic E-state index is 11.6. The number of nitrogens with two attached hydrogens (primary N) is 1. The molecule has 0 fully saturated rings. The molecule has 0 spiro atoms. The molecule has 3 N–H and O–H groups in total. The molecule has 2 rings (SSSR count). The standard InChI is InChI=1S/C10H13N5O2S2/c1-12-19(16,17)7-3-4-9(8(11)5-7)18-10-14-13-6-15(10)2/h3-6,12H,11H2,1-2H3. The Morgan fingerprint density at radius 1 is 1.42 bits per heavy atom. The number of nitrogens with one attached hydrogen (secondary N) is 1. The monoisotopic (exact) mass is 299 g/mol. The van der Waals surface area contributed by atoms with Crippen molar-refractivity contribution in [2.24, 2.45) is 7.05 Å². The summed E-state index contributed by atoms with van der Waals surface area (Å²) in [7, 11) is -0.307. The fourth-order valence-electron chi connectivity index (χ4n) is 1.37. The summed E-state index contributed by atoms with van der Waals surface area (Å²) in [5.74, 6) is 0. The third-order valence-corrected chi connectivity index (χ3v) is 4.99. The molecule has 2 aromatic rings. The lowest BCUT2D eigenvalue weighted by molar-refractivity contribution is 0.588. The van der Waals surface area contributed by atoms with Crippen molar-refractivity contribution in [2.45, 2.75) is 14.9 Å². The van der Waals surface area contributed by atoms with Gasteiger partial charge in [0.1, 0.15) is 6.33 Å². The van der Waals surface area contributed by atoms with Crippen molar-refractivity contribution < 1.29 is 8.42 Å². The van der Waals surface area contributed by atoms with Crippen LogP contribution in [0.3, 0.4) is 0 Å². The second-order valence-corrected chi connectivity index (χ2v) is 6.63. The number of benzene rings is 1. The van der Waals surface area contributed by atoms with Gasteiger partial charge in [0.25, 0.3) is 0 Å². The summed E-state index contributed by atoms with van der Waals surface area (Å²) in [5, 5.41) is 8.37. The third kappa shape index (κ3) is 2.88. The van der Waals surface area contributed by atoms with Crippen molar-refractivity contribution in [3.63, 3.8) is 0 Å². The molecule has 19 heavy (non-hydrogen) atoms. The number of hydrogen-bond donors (Lipinski definition) is 2. The van der Waals surface area contributed by atoms with Crippen LogP contribution in [0.4, 0.5) is 5.69 Å². The lowest BCUT2D eigenvalue weighted by Gasteiger charge is -2.07. The SMILES string of the molecule is CNS(=O)(=O)c1ccc(Sc2nncn2C)c(N)c1. The number of aromatic nitrogens is 3. The molecule has 0 amide bonds. The highest BCUT2D eigenvalue weighted by Gasteiger charge is 2.14.